The Balaban J connectivity index is 1.72. The maximum atomic E-state index is 13.3. The van der Waals surface area contributed by atoms with Gasteiger partial charge in [0.2, 0.25) is 0 Å². The van der Waals surface area contributed by atoms with Crippen LogP contribution in [-0.2, 0) is 0 Å². The third-order valence-electron chi connectivity index (χ3n) is 5.63. The molecule has 24 heavy (non-hydrogen) atoms. The van der Waals surface area contributed by atoms with Gasteiger partial charge in [-0.3, -0.25) is 9.78 Å². The van der Waals surface area contributed by atoms with E-state index < -0.39 is 0 Å². The van der Waals surface area contributed by atoms with Crippen LogP contribution in [-0.4, -0.2) is 53.4 Å². The van der Waals surface area contributed by atoms with Crippen molar-refractivity contribution in [3.8, 4) is 0 Å². The molecule has 4 nitrogen and oxygen atoms in total. The minimum atomic E-state index is 0.161. The van der Waals surface area contributed by atoms with Crippen molar-refractivity contribution < 1.29 is 4.79 Å². The van der Waals surface area contributed by atoms with Crippen LogP contribution in [0.25, 0.3) is 10.9 Å². The second kappa shape index (κ2) is 5.85. The van der Waals surface area contributed by atoms with E-state index in [0.717, 1.165) is 53.8 Å². The summed E-state index contributed by atoms with van der Waals surface area (Å²) < 4.78 is 0. The molecule has 0 radical (unpaired) electrons. The number of piperidine rings is 1. The number of carbonyl (C=O) groups is 1. The molecule has 3 aliphatic heterocycles. The monoisotopic (exact) mass is 323 g/mol. The fourth-order valence-corrected chi connectivity index (χ4v) is 4.38. The highest BCUT2D eigenvalue weighted by Crippen LogP contribution is 2.29. The van der Waals surface area contributed by atoms with Crippen molar-refractivity contribution in [1.29, 1.82) is 0 Å². The molecule has 1 aromatic carbocycles. The Bertz CT molecular complexity index is 801. The van der Waals surface area contributed by atoms with Crippen LogP contribution in [0, 0.1) is 19.8 Å². The first kappa shape index (κ1) is 15.6. The van der Waals surface area contributed by atoms with Crippen molar-refractivity contribution in [1.82, 2.24) is 14.8 Å². The van der Waals surface area contributed by atoms with Crippen LogP contribution in [0.15, 0.2) is 24.3 Å². The Kier molecular flexibility index (Phi) is 3.80. The average molecular weight is 323 g/mol. The minimum absolute atomic E-state index is 0.161. The summed E-state index contributed by atoms with van der Waals surface area (Å²) in [4.78, 5) is 22.5. The number of carbonyl (C=O) groups excluding carboxylic acids is 1. The van der Waals surface area contributed by atoms with Gasteiger partial charge in [0.15, 0.2) is 0 Å². The van der Waals surface area contributed by atoms with E-state index in [0.29, 0.717) is 12.0 Å². The van der Waals surface area contributed by atoms with Gasteiger partial charge >= 0.3 is 0 Å². The number of amides is 1. The summed E-state index contributed by atoms with van der Waals surface area (Å²) in [6.07, 6.45) is 2.37. The Hall–Kier alpha value is -1.94. The summed E-state index contributed by atoms with van der Waals surface area (Å²) in [5.74, 6) is 0.766. The van der Waals surface area contributed by atoms with Crippen molar-refractivity contribution in [3.05, 3.63) is 41.1 Å². The van der Waals surface area contributed by atoms with Crippen LogP contribution in [0.1, 0.15) is 34.5 Å². The van der Waals surface area contributed by atoms with Crippen molar-refractivity contribution in [2.45, 2.75) is 32.7 Å². The number of pyridine rings is 1. The minimum Gasteiger partial charge on any atom is -0.334 e. The number of hydrogen-bond acceptors (Lipinski definition) is 3. The van der Waals surface area contributed by atoms with Crippen molar-refractivity contribution in [2.24, 2.45) is 5.92 Å². The lowest BCUT2D eigenvalue weighted by Crippen LogP contribution is -2.47. The summed E-state index contributed by atoms with van der Waals surface area (Å²) in [6.45, 7) is 7.01. The molecule has 126 valence electrons. The Labute approximate surface area is 143 Å². The molecule has 1 amide bonds. The number of benzene rings is 1. The third-order valence-corrected chi connectivity index (χ3v) is 5.63. The van der Waals surface area contributed by atoms with Crippen molar-refractivity contribution in [2.75, 3.05) is 26.7 Å². The fourth-order valence-electron chi connectivity index (χ4n) is 4.38. The molecule has 3 fully saturated rings. The predicted octanol–water partition coefficient (Wildman–Crippen LogP) is 3.02. The van der Waals surface area contributed by atoms with Gasteiger partial charge in [-0.25, -0.2) is 0 Å². The van der Waals surface area contributed by atoms with E-state index in [9.17, 15) is 4.79 Å². The summed E-state index contributed by atoms with van der Waals surface area (Å²) >= 11 is 0. The zero-order chi connectivity index (χ0) is 16.8. The normalized spacial score (nSPS) is 24.4. The zero-order valence-corrected chi connectivity index (χ0v) is 14.7. The molecule has 4 heteroatoms. The van der Waals surface area contributed by atoms with Gasteiger partial charge < -0.3 is 9.80 Å². The topological polar surface area (TPSA) is 36.4 Å². The van der Waals surface area contributed by atoms with E-state index in [1.54, 1.807) is 0 Å². The molecule has 0 N–H and O–H groups in total. The van der Waals surface area contributed by atoms with Crippen LogP contribution in [0.5, 0.6) is 0 Å². The number of aryl methyl sites for hydroxylation is 2. The molecule has 0 aliphatic carbocycles. The molecule has 3 saturated heterocycles. The van der Waals surface area contributed by atoms with E-state index in [1.165, 1.54) is 6.42 Å². The Morgan fingerprint density at radius 3 is 2.83 bits per heavy atom. The molecule has 0 unspecified atom stereocenters. The molecule has 5 rings (SSSR count). The maximum absolute atomic E-state index is 13.3. The summed E-state index contributed by atoms with van der Waals surface area (Å²) in [7, 11) is 2.17. The number of aromatic nitrogens is 1. The quantitative estimate of drug-likeness (QED) is 0.809. The lowest BCUT2D eigenvalue weighted by atomic mass is 9.94. The second-order valence-electron chi connectivity index (χ2n) is 7.54. The van der Waals surface area contributed by atoms with Crippen LogP contribution >= 0.6 is 0 Å². The molecule has 2 atom stereocenters. The van der Waals surface area contributed by atoms with Gasteiger partial charge in [0.25, 0.3) is 5.91 Å². The highest BCUT2D eigenvalue weighted by atomic mass is 16.2. The van der Waals surface area contributed by atoms with Gasteiger partial charge in [0, 0.05) is 31.1 Å². The summed E-state index contributed by atoms with van der Waals surface area (Å²) in [5.41, 5.74) is 3.77. The smallest absolute Gasteiger partial charge is 0.256 e. The van der Waals surface area contributed by atoms with Gasteiger partial charge in [-0.2, -0.15) is 0 Å². The van der Waals surface area contributed by atoms with E-state index >= 15 is 0 Å². The van der Waals surface area contributed by atoms with Gasteiger partial charge in [0.05, 0.1) is 16.8 Å². The van der Waals surface area contributed by atoms with E-state index in [2.05, 4.69) is 29.8 Å². The number of para-hydroxylation sites is 1. The number of hydrogen-bond donors (Lipinski definition) is 0. The Morgan fingerprint density at radius 2 is 2.00 bits per heavy atom. The number of nitrogens with zero attached hydrogens (tertiary/aromatic N) is 3. The molecule has 0 saturated carbocycles. The predicted molar refractivity (Wildman–Crippen MR) is 96.3 cm³/mol. The first-order valence-electron chi connectivity index (χ1n) is 8.89. The molecule has 4 heterocycles. The fraction of sp³-hybridized carbons (Fsp3) is 0.500. The summed E-state index contributed by atoms with van der Waals surface area (Å²) in [6, 6.07) is 8.53. The first-order valence-corrected chi connectivity index (χ1v) is 8.89. The summed E-state index contributed by atoms with van der Waals surface area (Å²) in [5, 5.41) is 1.06. The lowest BCUT2D eigenvalue weighted by molar-refractivity contribution is 0.0586. The maximum Gasteiger partial charge on any atom is 0.256 e. The van der Waals surface area contributed by atoms with Crippen LogP contribution in [0.3, 0.4) is 0 Å². The van der Waals surface area contributed by atoms with Gasteiger partial charge in [0.1, 0.15) is 0 Å². The van der Waals surface area contributed by atoms with Crippen LogP contribution < -0.4 is 0 Å². The average Bonchev–Trinajstić information content (AvgIpc) is 2.83. The van der Waals surface area contributed by atoms with Gasteiger partial charge in [-0.15, -0.1) is 0 Å². The second-order valence-corrected chi connectivity index (χ2v) is 7.54. The van der Waals surface area contributed by atoms with Gasteiger partial charge in [-0.1, -0.05) is 18.2 Å². The number of rotatable bonds is 1. The number of likely N-dealkylation sites (N-methyl/N-ethyl adjacent to an activating group) is 1. The highest BCUT2D eigenvalue weighted by Gasteiger charge is 2.36. The standard InChI is InChI=1S/C20H25N3O/c1-13-5-4-6-16-9-18(14(2)21-19(13)16)20(24)23-11-15-7-8-17(23)12-22(3)10-15/h4-6,9,15,17H,7-8,10-12H2,1-3H3/t15-,17+/m1/s1. The molecular formula is C20H25N3O. The molecule has 2 bridgehead atoms. The molecular weight excluding hydrogens is 298 g/mol. The SMILES string of the molecule is Cc1nc2c(C)cccc2cc1C(=O)N1C[C@@H]2CC[C@H]1CN(C)C2. The zero-order valence-electron chi connectivity index (χ0n) is 14.7. The molecule has 1 aromatic heterocycles. The largest absolute Gasteiger partial charge is 0.334 e. The van der Waals surface area contributed by atoms with E-state index in [-0.39, 0.29) is 5.91 Å². The van der Waals surface area contributed by atoms with Crippen LogP contribution in [0.4, 0.5) is 0 Å². The van der Waals surface area contributed by atoms with E-state index in [1.807, 2.05) is 25.1 Å². The van der Waals surface area contributed by atoms with E-state index in [4.69, 9.17) is 4.98 Å². The number of fused-ring (bicyclic) bond motifs is 5. The lowest BCUT2D eigenvalue weighted by Gasteiger charge is -2.36. The van der Waals surface area contributed by atoms with Crippen LogP contribution in [0.2, 0.25) is 0 Å². The van der Waals surface area contributed by atoms with Crippen molar-refractivity contribution in [3.63, 3.8) is 0 Å². The molecule has 2 aromatic rings. The van der Waals surface area contributed by atoms with Gasteiger partial charge in [-0.05, 0) is 51.3 Å². The third kappa shape index (κ3) is 2.59. The molecule has 0 spiro atoms. The first-order chi connectivity index (χ1) is 11.5. The molecule has 3 aliphatic rings. The van der Waals surface area contributed by atoms with Crippen molar-refractivity contribution >= 4 is 16.8 Å². The highest BCUT2D eigenvalue weighted by molar-refractivity contribution is 5.99. The Morgan fingerprint density at radius 1 is 1.17 bits per heavy atom.